The number of methoxy groups -OCH3 is 1. The van der Waals surface area contributed by atoms with Crippen molar-refractivity contribution in [3.8, 4) is 17.2 Å². The highest BCUT2D eigenvalue weighted by molar-refractivity contribution is 6.09. The van der Waals surface area contributed by atoms with Crippen LogP contribution in [-0.4, -0.2) is 27.7 Å². The number of carbonyl (C=O) groups excluding carboxylic acids is 1. The fraction of sp³-hybridized carbons (Fsp3) is 0.0455. The van der Waals surface area contributed by atoms with Crippen molar-refractivity contribution in [2.75, 3.05) is 12.4 Å². The maximum atomic E-state index is 14.0. The molecule has 1 amide bonds. The predicted molar refractivity (Wildman–Crippen MR) is 110 cm³/mol. The molecule has 0 fully saturated rings. The van der Waals surface area contributed by atoms with E-state index in [2.05, 4.69) is 10.3 Å². The smallest absolute Gasteiger partial charge is 0.273 e. The number of benzene rings is 2. The number of pyridine rings is 2. The molecule has 4 rings (SSSR count). The van der Waals surface area contributed by atoms with Crippen LogP contribution < -0.4 is 15.6 Å². The predicted octanol–water partition coefficient (Wildman–Crippen LogP) is 3.63. The highest BCUT2D eigenvalue weighted by atomic mass is 19.1. The lowest BCUT2D eigenvalue weighted by atomic mass is 10.1. The van der Waals surface area contributed by atoms with Crippen molar-refractivity contribution in [1.82, 2.24) is 9.55 Å². The van der Waals surface area contributed by atoms with Crippen LogP contribution in [0.25, 0.3) is 16.7 Å². The molecule has 4 aromatic rings. The van der Waals surface area contributed by atoms with Crippen LogP contribution in [0, 0.1) is 11.6 Å². The van der Waals surface area contributed by atoms with Crippen molar-refractivity contribution < 1.29 is 23.4 Å². The normalized spacial score (nSPS) is 10.8. The number of carbonyl (C=O) groups is 1. The van der Waals surface area contributed by atoms with Gasteiger partial charge in [0, 0.05) is 18.0 Å². The lowest BCUT2D eigenvalue weighted by molar-refractivity contribution is 0.102. The Morgan fingerprint density at radius 2 is 1.87 bits per heavy atom. The molecule has 156 valence electrons. The molecular weight excluding hydrogens is 408 g/mol. The van der Waals surface area contributed by atoms with Crippen LogP contribution in [0.4, 0.5) is 14.5 Å². The summed E-state index contributed by atoms with van der Waals surface area (Å²) in [7, 11) is 1.30. The molecule has 0 unspecified atom stereocenters. The molecule has 0 aliphatic rings. The van der Waals surface area contributed by atoms with E-state index in [1.807, 2.05) is 0 Å². The Morgan fingerprint density at radius 3 is 2.55 bits per heavy atom. The highest BCUT2D eigenvalue weighted by Gasteiger charge is 2.24. The summed E-state index contributed by atoms with van der Waals surface area (Å²) < 4.78 is 33.3. The number of nitrogens with zero attached hydrogens (tertiary/aromatic N) is 2. The number of aromatic hydroxyl groups is 1. The second-order valence-electron chi connectivity index (χ2n) is 6.52. The SMILES string of the molecule is COc1ccc(NC(=O)c2c(O)c3cccnc3n(-c3ccc(F)cc3)c2=O)cc1F. The third-order valence-electron chi connectivity index (χ3n) is 4.63. The molecule has 9 heteroatoms. The summed E-state index contributed by atoms with van der Waals surface area (Å²) in [4.78, 5) is 30.2. The van der Waals surface area contributed by atoms with Crippen LogP contribution in [0.1, 0.15) is 10.4 Å². The Labute approximate surface area is 174 Å². The van der Waals surface area contributed by atoms with E-state index in [-0.39, 0.29) is 28.2 Å². The van der Waals surface area contributed by atoms with E-state index in [0.29, 0.717) is 0 Å². The Bertz CT molecular complexity index is 1370. The quantitative estimate of drug-likeness (QED) is 0.523. The molecule has 7 nitrogen and oxygen atoms in total. The van der Waals surface area contributed by atoms with Gasteiger partial charge in [-0.1, -0.05) is 0 Å². The lowest BCUT2D eigenvalue weighted by Gasteiger charge is -2.14. The molecule has 2 N–H and O–H groups in total. The van der Waals surface area contributed by atoms with Gasteiger partial charge in [0.1, 0.15) is 17.1 Å². The number of aromatic nitrogens is 2. The molecule has 0 radical (unpaired) electrons. The number of halogens is 2. The monoisotopic (exact) mass is 423 g/mol. The van der Waals surface area contributed by atoms with Gasteiger partial charge >= 0.3 is 0 Å². The summed E-state index contributed by atoms with van der Waals surface area (Å²) in [6.45, 7) is 0. The summed E-state index contributed by atoms with van der Waals surface area (Å²) in [6.07, 6.45) is 1.42. The second-order valence-corrected chi connectivity index (χ2v) is 6.52. The molecule has 0 atom stereocenters. The van der Waals surface area contributed by atoms with E-state index in [0.717, 1.165) is 22.8 Å². The first-order chi connectivity index (χ1) is 14.9. The molecule has 0 bridgehead atoms. The van der Waals surface area contributed by atoms with E-state index in [4.69, 9.17) is 4.74 Å². The van der Waals surface area contributed by atoms with Gasteiger partial charge in [0.2, 0.25) is 0 Å². The molecule has 0 saturated carbocycles. The maximum Gasteiger partial charge on any atom is 0.273 e. The van der Waals surface area contributed by atoms with Gasteiger partial charge in [-0.25, -0.2) is 13.8 Å². The first-order valence-corrected chi connectivity index (χ1v) is 9.04. The number of ether oxygens (including phenoxy) is 1. The Kier molecular flexibility index (Phi) is 5.08. The van der Waals surface area contributed by atoms with Crippen LogP contribution in [0.15, 0.2) is 65.6 Å². The molecule has 31 heavy (non-hydrogen) atoms. The van der Waals surface area contributed by atoms with Gasteiger partial charge in [0.05, 0.1) is 18.2 Å². The summed E-state index contributed by atoms with van der Waals surface area (Å²) in [6, 6.07) is 11.7. The standard InChI is InChI=1S/C22H15F2N3O4/c1-31-17-9-6-13(11-16(17)24)26-21(29)18-19(28)15-3-2-10-25-20(15)27(22(18)30)14-7-4-12(23)5-8-14/h2-11,28H,1H3,(H,26,29). The third-order valence-corrected chi connectivity index (χ3v) is 4.63. The van der Waals surface area contributed by atoms with Crippen molar-refractivity contribution in [2.24, 2.45) is 0 Å². The molecular formula is C22H15F2N3O4. The van der Waals surface area contributed by atoms with Gasteiger partial charge < -0.3 is 15.2 Å². The highest BCUT2D eigenvalue weighted by Crippen LogP contribution is 2.28. The summed E-state index contributed by atoms with van der Waals surface area (Å²) >= 11 is 0. The Hall–Kier alpha value is -4.27. The largest absolute Gasteiger partial charge is 0.506 e. The molecule has 0 aliphatic carbocycles. The summed E-state index contributed by atoms with van der Waals surface area (Å²) in [5.41, 5.74) is -1.05. The van der Waals surface area contributed by atoms with Crippen molar-refractivity contribution in [2.45, 2.75) is 0 Å². The van der Waals surface area contributed by atoms with Crippen LogP contribution in [0.5, 0.6) is 11.5 Å². The van der Waals surface area contributed by atoms with Crippen molar-refractivity contribution in [3.05, 3.63) is 88.3 Å². The zero-order chi connectivity index (χ0) is 22.1. The van der Waals surface area contributed by atoms with Gasteiger partial charge in [-0.3, -0.25) is 14.2 Å². The van der Waals surface area contributed by atoms with E-state index < -0.39 is 34.4 Å². The second kappa shape index (κ2) is 7.86. The van der Waals surface area contributed by atoms with E-state index in [1.54, 1.807) is 0 Å². The molecule has 0 saturated heterocycles. The third kappa shape index (κ3) is 3.57. The first kappa shape index (κ1) is 20.0. The minimum absolute atomic E-state index is 0.0173. The Balaban J connectivity index is 1.88. The number of hydrogen-bond acceptors (Lipinski definition) is 5. The maximum absolute atomic E-state index is 14.0. The van der Waals surface area contributed by atoms with Gasteiger partial charge in [0.25, 0.3) is 11.5 Å². The molecule has 2 heterocycles. The number of fused-ring (bicyclic) bond motifs is 1. The summed E-state index contributed by atoms with van der Waals surface area (Å²) in [5.74, 6) is -2.76. The topological polar surface area (TPSA) is 93.4 Å². The number of rotatable bonds is 4. The molecule has 2 aromatic heterocycles. The van der Waals surface area contributed by atoms with Crippen LogP contribution in [-0.2, 0) is 0 Å². The number of anilines is 1. The minimum atomic E-state index is -0.950. The van der Waals surface area contributed by atoms with Crippen molar-refractivity contribution >= 4 is 22.6 Å². The lowest BCUT2D eigenvalue weighted by Crippen LogP contribution is -2.29. The molecule has 2 aromatic carbocycles. The fourth-order valence-corrected chi connectivity index (χ4v) is 3.18. The van der Waals surface area contributed by atoms with Crippen LogP contribution in [0.3, 0.4) is 0 Å². The zero-order valence-electron chi connectivity index (χ0n) is 16.1. The average Bonchev–Trinajstić information content (AvgIpc) is 2.75. The van der Waals surface area contributed by atoms with Gasteiger partial charge in [-0.2, -0.15) is 0 Å². The zero-order valence-corrected chi connectivity index (χ0v) is 16.1. The van der Waals surface area contributed by atoms with E-state index in [9.17, 15) is 23.5 Å². The fourth-order valence-electron chi connectivity index (χ4n) is 3.18. The van der Waals surface area contributed by atoms with Crippen LogP contribution >= 0.6 is 0 Å². The minimum Gasteiger partial charge on any atom is -0.506 e. The Morgan fingerprint density at radius 1 is 1.13 bits per heavy atom. The van der Waals surface area contributed by atoms with Gasteiger partial charge in [0.15, 0.2) is 17.2 Å². The number of hydrogen-bond donors (Lipinski definition) is 2. The van der Waals surface area contributed by atoms with Crippen molar-refractivity contribution in [3.63, 3.8) is 0 Å². The molecule has 0 spiro atoms. The first-order valence-electron chi connectivity index (χ1n) is 9.04. The van der Waals surface area contributed by atoms with E-state index >= 15 is 0 Å². The van der Waals surface area contributed by atoms with Crippen LogP contribution in [0.2, 0.25) is 0 Å². The summed E-state index contributed by atoms with van der Waals surface area (Å²) in [5, 5.41) is 13.2. The van der Waals surface area contributed by atoms with Crippen molar-refractivity contribution in [1.29, 1.82) is 0 Å². The number of amides is 1. The number of nitrogens with one attached hydrogen (secondary N) is 1. The van der Waals surface area contributed by atoms with Gasteiger partial charge in [-0.05, 0) is 48.5 Å². The average molecular weight is 423 g/mol. The van der Waals surface area contributed by atoms with E-state index in [1.165, 1.54) is 49.7 Å². The van der Waals surface area contributed by atoms with Gasteiger partial charge in [-0.15, -0.1) is 0 Å². The molecule has 0 aliphatic heterocycles.